The molecule has 1 atom stereocenters. The zero-order chi connectivity index (χ0) is 16.1. The van der Waals surface area contributed by atoms with Crippen molar-refractivity contribution in [2.45, 2.75) is 19.3 Å². The Bertz CT molecular complexity index is 786. The molecule has 120 valence electrons. The van der Waals surface area contributed by atoms with E-state index in [4.69, 9.17) is 9.84 Å². The fourth-order valence-corrected chi connectivity index (χ4v) is 3.51. The van der Waals surface area contributed by atoms with Crippen molar-refractivity contribution in [3.05, 3.63) is 46.6 Å². The van der Waals surface area contributed by atoms with Gasteiger partial charge in [-0.25, -0.2) is 4.68 Å². The van der Waals surface area contributed by atoms with Crippen LogP contribution in [0.1, 0.15) is 19.3 Å². The maximum absolute atomic E-state index is 5.49. The molecule has 0 aliphatic heterocycles. The summed E-state index contributed by atoms with van der Waals surface area (Å²) >= 11 is 1.59. The van der Waals surface area contributed by atoms with Crippen LogP contribution >= 0.6 is 11.3 Å². The number of thiazole rings is 1. The number of hydrogen-bond donors (Lipinski definition) is 0. The molecule has 1 heterocycles. The van der Waals surface area contributed by atoms with E-state index in [2.05, 4.69) is 34.8 Å². The van der Waals surface area contributed by atoms with Gasteiger partial charge in [0.05, 0.1) is 12.8 Å². The molecule has 1 unspecified atom stereocenters. The normalized spacial score (nSPS) is 18.7. The monoisotopic (exact) mass is 327 g/mol. The molecule has 5 heteroatoms. The van der Waals surface area contributed by atoms with E-state index in [-0.39, 0.29) is 0 Å². The molecule has 0 N–H and O–H groups in total. The molecular weight excluding hydrogens is 306 g/mol. The molecule has 0 spiro atoms. The Labute approximate surface area is 140 Å². The van der Waals surface area contributed by atoms with Gasteiger partial charge < -0.3 is 4.74 Å². The smallest absolute Gasteiger partial charge is 0.205 e. The van der Waals surface area contributed by atoms with Crippen LogP contribution in [0.25, 0.3) is 11.3 Å². The molecule has 0 saturated heterocycles. The molecule has 0 saturated carbocycles. The Morgan fingerprint density at radius 3 is 2.91 bits per heavy atom. The second-order valence-electron chi connectivity index (χ2n) is 5.45. The molecule has 0 fully saturated rings. The summed E-state index contributed by atoms with van der Waals surface area (Å²) in [5.74, 6) is 1.35. The third-order valence-corrected chi connectivity index (χ3v) is 4.87. The van der Waals surface area contributed by atoms with Crippen LogP contribution < -0.4 is 9.54 Å². The first-order valence-electron chi connectivity index (χ1n) is 7.79. The number of allylic oxidation sites excluding steroid dienone is 2. The van der Waals surface area contributed by atoms with Gasteiger partial charge in [0.25, 0.3) is 0 Å². The molecule has 3 rings (SSSR count). The summed E-state index contributed by atoms with van der Waals surface area (Å²) in [5.41, 5.74) is 2.04. The van der Waals surface area contributed by atoms with E-state index in [0.29, 0.717) is 5.92 Å². The van der Waals surface area contributed by atoms with Crippen molar-refractivity contribution >= 4 is 17.6 Å². The Morgan fingerprint density at radius 1 is 1.30 bits per heavy atom. The minimum absolute atomic E-state index is 0.502. The number of para-hydroxylation sites is 1. The van der Waals surface area contributed by atoms with Crippen LogP contribution in [0.15, 0.2) is 51.9 Å². The first-order valence-corrected chi connectivity index (χ1v) is 8.67. The molecule has 23 heavy (non-hydrogen) atoms. The quantitative estimate of drug-likeness (QED) is 0.619. The zero-order valence-corrected chi connectivity index (χ0v) is 14.3. The van der Waals surface area contributed by atoms with Gasteiger partial charge in [-0.3, -0.25) is 4.99 Å². The van der Waals surface area contributed by atoms with E-state index in [1.54, 1.807) is 25.5 Å². The van der Waals surface area contributed by atoms with Crippen molar-refractivity contribution in [1.82, 2.24) is 4.68 Å². The van der Waals surface area contributed by atoms with Gasteiger partial charge in [0, 0.05) is 24.2 Å². The standard InChI is InChI=1S/C18H21N3OS/c1-19-18-21(20-12-14-8-4-3-5-9-14)16(13-23-18)15-10-6-7-11-17(15)22-2/h3-4,6-7,10-14H,5,8-9H2,1-2H3. The summed E-state index contributed by atoms with van der Waals surface area (Å²) in [6.45, 7) is 0. The van der Waals surface area contributed by atoms with Gasteiger partial charge in [-0.15, -0.1) is 11.3 Å². The van der Waals surface area contributed by atoms with Crippen LogP contribution in [0.2, 0.25) is 0 Å². The second-order valence-corrected chi connectivity index (χ2v) is 6.28. The highest BCUT2D eigenvalue weighted by Gasteiger charge is 2.12. The highest BCUT2D eigenvalue weighted by Crippen LogP contribution is 2.30. The van der Waals surface area contributed by atoms with Gasteiger partial charge >= 0.3 is 0 Å². The molecule has 2 aromatic rings. The van der Waals surface area contributed by atoms with Crippen LogP contribution in [-0.4, -0.2) is 25.0 Å². The van der Waals surface area contributed by atoms with Gasteiger partial charge in [0.2, 0.25) is 4.80 Å². The Balaban J connectivity index is 2.01. The number of ether oxygens (including phenoxy) is 1. The molecule has 0 bridgehead atoms. The van der Waals surface area contributed by atoms with Crippen molar-refractivity contribution in [1.29, 1.82) is 0 Å². The lowest BCUT2D eigenvalue weighted by Crippen LogP contribution is -2.13. The number of methoxy groups -OCH3 is 1. The van der Waals surface area contributed by atoms with E-state index in [1.807, 2.05) is 22.9 Å². The molecule has 0 amide bonds. The highest BCUT2D eigenvalue weighted by atomic mass is 32.1. The Hall–Kier alpha value is -2.14. The van der Waals surface area contributed by atoms with Crippen molar-refractivity contribution < 1.29 is 4.74 Å². The first kappa shape index (κ1) is 15.7. The van der Waals surface area contributed by atoms with Crippen molar-refractivity contribution in [3.63, 3.8) is 0 Å². The van der Waals surface area contributed by atoms with Crippen molar-refractivity contribution in [2.24, 2.45) is 16.0 Å². The molecule has 1 aromatic carbocycles. The van der Waals surface area contributed by atoms with Crippen LogP contribution in [-0.2, 0) is 0 Å². The minimum atomic E-state index is 0.502. The van der Waals surface area contributed by atoms with Crippen LogP contribution in [0.4, 0.5) is 0 Å². The van der Waals surface area contributed by atoms with Crippen LogP contribution in [0.5, 0.6) is 5.75 Å². The number of rotatable bonds is 4. The summed E-state index contributed by atoms with van der Waals surface area (Å²) in [7, 11) is 3.49. The topological polar surface area (TPSA) is 38.9 Å². The molecule has 1 aliphatic rings. The summed E-state index contributed by atoms with van der Waals surface area (Å²) in [6.07, 6.45) is 9.91. The summed E-state index contributed by atoms with van der Waals surface area (Å²) in [5, 5.41) is 6.81. The second kappa shape index (κ2) is 7.42. The van der Waals surface area contributed by atoms with Gasteiger partial charge in [-0.05, 0) is 37.3 Å². The summed E-state index contributed by atoms with van der Waals surface area (Å²) in [4.78, 5) is 5.23. The van der Waals surface area contributed by atoms with Gasteiger partial charge in [-0.2, -0.15) is 5.10 Å². The predicted octanol–water partition coefficient (Wildman–Crippen LogP) is 3.95. The zero-order valence-electron chi connectivity index (χ0n) is 13.5. The van der Waals surface area contributed by atoms with E-state index >= 15 is 0 Å². The molecule has 1 aliphatic carbocycles. The van der Waals surface area contributed by atoms with Crippen molar-refractivity contribution in [2.75, 3.05) is 14.2 Å². The third kappa shape index (κ3) is 3.45. The van der Waals surface area contributed by atoms with E-state index in [0.717, 1.165) is 41.1 Å². The highest BCUT2D eigenvalue weighted by molar-refractivity contribution is 7.07. The van der Waals surface area contributed by atoms with E-state index in [9.17, 15) is 0 Å². The van der Waals surface area contributed by atoms with E-state index in [1.165, 1.54) is 0 Å². The first-order chi connectivity index (χ1) is 11.3. The number of benzene rings is 1. The lowest BCUT2D eigenvalue weighted by atomic mass is 9.96. The van der Waals surface area contributed by atoms with Gasteiger partial charge in [0.1, 0.15) is 5.75 Å². The molecule has 0 radical (unpaired) electrons. The maximum Gasteiger partial charge on any atom is 0.205 e. The van der Waals surface area contributed by atoms with Crippen molar-refractivity contribution in [3.8, 4) is 17.0 Å². The third-order valence-electron chi connectivity index (χ3n) is 3.96. The molecule has 1 aromatic heterocycles. The number of aromatic nitrogens is 1. The van der Waals surface area contributed by atoms with Crippen LogP contribution in [0.3, 0.4) is 0 Å². The van der Waals surface area contributed by atoms with Gasteiger partial charge in [0.15, 0.2) is 0 Å². The fraction of sp³-hybridized carbons (Fsp3) is 0.333. The van der Waals surface area contributed by atoms with Crippen LogP contribution in [0, 0.1) is 5.92 Å². The van der Waals surface area contributed by atoms with E-state index < -0.39 is 0 Å². The SMILES string of the molecule is CN=c1scc(-c2ccccc2OC)n1N=CC1CC=CCC1. The Kier molecular flexibility index (Phi) is 5.08. The summed E-state index contributed by atoms with van der Waals surface area (Å²) in [6, 6.07) is 8.01. The van der Waals surface area contributed by atoms with Gasteiger partial charge in [-0.1, -0.05) is 24.3 Å². The molecular formula is C18H21N3OS. The average Bonchev–Trinajstić information content (AvgIpc) is 3.03. The number of hydrogen-bond acceptors (Lipinski definition) is 4. The predicted molar refractivity (Wildman–Crippen MR) is 96.2 cm³/mol. The number of nitrogens with zero attached hydrogens (tertiary/aromatic N) is 3. The summed E-state index contributed by atoms with van der Waals surface area (Å²) < 4.78 is 7.41. The fourth-order valence-electron chi connectivity index (χ4n) is 2.72. The maximum atomic E-state index is 5.49. The Morgan fingerprint density at radius 2 is 2.17 bits per heavy atom. The average molecular weight is 327 g/mol. The largest absolute Gasteiger partial charge is 0.496 e. The lowest BCUT2D eigenvalue weighted by Gasteiger charge is -2.13. The molecule has 4 nitrogen and oxygen atoms in total. The minimum Gasteiger partial charge on any atom is -0.496 e. The lowest BCUT2D eigenvalue weighted by molar-refractivity contribution is 0.416.